The van der Waals surface area contributed by atoms with E-state index in [1.165, 1.54) is 0 Å². The van der Waals surface area contributed by atoms with Crippen LogP contribution in [0.4, 0.5) is 5.69 Å². The van der Waals surface area contributed by atoms with Crippen LogP contribution in [0, 0.1) is 11.3 Å². The summed E-state index contributed by atoms with van der Waals surface area (Å²) in [6, 6.07) is 8.87. The maximum atomic E-state index is 11.8. The summed E-state index contributed by atoms with van der Waals surface area (Å²) in [7, 11) is 0. The molecule has 1 N–H and O–H groups in total. The first kappa shape index (κ1) is 15.5. The van der Waals surface area contributed by atoms with Crippen LogP contribution in [-0.2, 0) is 14.3 Å². The van der Waals surface area contributed by atoms with Crippen molar-refractivity contribution >= 4 is 11.6 Å². The van der Waals surface area contributed by atoms with Gasteiger partial charge in [-0.2, -0.15) is 5.26 Å². The molecule has 0 saturated carbocycles. The molecule has 1 aliphatic rings. The predicted molar refractivity (Wildman–Crippen MR) is 78.8 cm³/mol. The summed E-state index contributed by atoms with van der Waals surface area (Å²) in [5, 5.41) is 11.5. The van der Waals surface area contributed by atoms with E-state index in [-0.39, 0.29) is 12.0 Å². The van der Waals surface area contributed by atoms with Crippen molar-refractivity contribution in [3.63, 3.8) is 0 Å². The van der Waals surface area contributed by atoms with Crippen molar-refractivity contribution in [1.29, 1.82) is 5.26 Å². The Kier molecular flexibility index (Phi) is 6.20. The molecule has 112 valence electrons. The number of ether oxygens (including phenoxy) is 2. The molecule has 0 aromatic heterocycles. The van der Waals surface area contributed by atoms with Gasteiger partial charge in [-0.05, 0) is 43.5 Å². The number of nitriles is 1. The minimum atomic E-state index is -0.0321. The smallest absolute Gasteiger partial charge is 0.224 e. The first-order valence-electron chi connectivity index (χ1n) is 7.27. The molecule has 2 rings (SSSR count). The summed E-state index contributed by atoms with van der Waals surface area (Å²) in [4.78, 5) is 11.8. The Balaban J connectivity index is 1.61. The third kappa shape index (κ3) is 5.54. The molecule has 5 heteroatoms. The zero-order valence-electron chi connectivity index (χ0n) is 12.0. The van der Waals surface area contributed by atoms with Crippen LogP contribution in [0.2, 0.25) is 0 Å². The fourth-order valence-electron chi connectivity index (χ4n) is 2.18. The van der Waals surface area contributed by atoms with Gasteiger partial charge in [-0.25, -0.2) is 0 Å². The standard InChI is InChI=1S/C16H20N2O3/c17-12-13-3-5-14(6-4-13)18-16(19)2-1-9-21-15-7-10-20-11-8-15/h3-6,15H,1-2,7-11H2,(H,18,19). The van der Waals surface area contributed by atoms with Crippen molar-refractivity contribution in [2.75, 3.05) is 25.1 Å². The molecule has 1 heterocycles. The molecular formula is C16H20N2O3. The van der Waals surface area contributed by atoms with Crippen LogP contribution < -0.4 is 5.32 Å². The van der Waals surface area contributed by atoms with Gasteiger partial charge in [0, 0.05) is 31.9 Å². The van der Waals surface area contributed by atoms with Gasteiger partial charge in [-0.15, -0.1) is 0 Å². The molecule has 0 unspecified atom stereocenters. The second-order valence-electron chi connectivity index (χ2n) is 5.02. The number of carbonyl (C=O) groups excluding carboxylic acids is 1. The highest BCUT2D eigenvalue weighted by Crippen LogP contribution is 2.12. The number of rotatable bonds is 6. The van der Waals surface area contributed by atoms with Gasteiger partial charge in [0.2, 0.25) is 5.91 Å². The molecule has 0 radical (unpaired) electrons. The molecule has 21 heavy (non-hydrogen) atoms. The highest BCUT2D eigenvalue weighted by Gasteiger charge is 2.13. The van der Waals surface area contributed by atoms with Crippen molar-refractivity contribution in [3.8, 4) is 6.07 Å². The molecular weight excluding hydrogens is 268 g/mol. The van der Waals surface area contributed by atoms with E-state index >= 15 is 0 Å². The lowest BCUT2D eigenvalue weighted by atomic mass is 10.1. The van der Waals surface area contributed by atoms with Gasteiger partial charge in [-0.1, -0.05) is 0 Å². The summed E-state index contributed by atoms with van der Waals surface area (Å²) in [5.41, 5.74) is 1.29. The maximum Gasteiger partial charge on any atom is 0.224 e. The zero-order valence-corrected chi connectivity index (χ0v) is 12.0. The van der Waals surface area contributed by atoms with Crippen molar-refractivity contribution < 1.29 is 14.3 Å². The third-order valence-corrected chi connectivity index (χ3v) is 3.37. The molecule has 0 aliphatic carbocycles. The first-order chi connectivity index (χ1) is 10.3. The highest BCUT2D eigenvalue weighted by molar-refractivity contribution is 5.90. The number of anilines is 1. The topological polar surface area (TPSA) is 71.4 Å². The minimum absolute atomic E-state index is 0.0321. The van der Waals surface area contributed by atoms with Gasteiger partial charge in [0.05, 0.1) is 17.7 Å². The zero-order chi connectivity index (χ0) is 14.9. The summed E-state index contributed by atoms with van der Waals surface area (Å²) in [6.45, 7) is 2.14. The Morgan fingerprint density at radius 2 is 2.05 bits per heavy atom. The van der Waals surface area contributed by atoms with E-state index in [1.54, 1.807) is 24.3 Å². The van der Waals surface area contributed by atoms with Gasteiger partial charge in [0.25, 0.3) is 0 Å². The Morgan fingerprint density at radius 3 is 2.71 bits per heavy atom. The quantitative estimate of drug-likeness (QED) is 0.816. The van der Waals surface area contributed by atoms with Crippen LogP contribution in [0.1, 0.15) is 31.2 Å². The van der Waals surface area contributed by atoms with Crippen LogP contribution in [-0.4, -0.2) is 31.8 Å². The van der Waals surface area contributed by atoms with Crippen LogP contribution in [0.5, 0.6) is 0 Å². The van der Waals surface area contributed by atoms with Crippen LogP contribution in [0.25, 0.3) is 0 Å². The Morgan fingerprint density at radius 1 is 1.33 bits per heavy atom. The van der Waals surface area contributed by atoms with Gasteiger partial charge < -0.3 is 14.8 Å². The maximum absolute atomic E-state index is 11.8. The van der Waals surface area contributed by atoms with Crippen LogP contribution in [0.3, 0.4) is 0 Å². The molecule has 0 bridgehead atoms. The fourth-order valence-corrected chi connectivity index (χ4v) is 2.18. The summed E-state index contributed by atoms with van der Waals surface area (Å²) >= 11 is 0. The molecule has 1 saturated heterocycles. The van der Waals surface area contributed by atoms with Gasteiger partial charge in [-0.3, -0.25) is 4.79 Å². The van der Waals surface area contributed by atoms with E-state index in [1.807, 2.05) is 6.07 Å². The molecule has 1 amide bonds. The van der Waals surface area contributed by atoms with Crippen molar-refractivity contribution in [2.45, 2.75) is 31.8 Å². The average Bonchev–Trinajstić information content (AvgIpc) is 2.53. The number of nitrogens with zero attached hydrogens (tertiary/aromatic N) is 1. The second kappa shape index (κ2) is 8.40. The van der Waals surface area contributed by atoms with Crippen molar-refractivity contribution in [3.05, 3.63) is 29.8 Å². The molecule has 1 aromatic rings. The average molecular weight is 288 g/mol. The lowest BCUT2D eigenvalue weighted by Crippen LogP contribution is -2.24. The van der Waals surface area contributed by atoms with Gasteiger partial charge in [0.15, 0.2) is 0 Å². The van der Waals surface area contributed by atoms with Crippen molar-refractivity contribution in [2.24, 2.45) is 0 Å². The number of hydrogen-bond acceptors (Lipinski definition) is 4. The molecule has 5 nitrogen and oxygen atoms in total. The summed E-state index contributed by atoms with van der Waals surface area (Å²) in [5.74, 6) is -0.0321. The number of hydrogen-bond donors (Lipinski definition) is 1. The third-order valence-electron chi connectivity index (χ3n) is 3.37. The number of nitrogens with one attached hydrogen (secondary N) is 1. The SMILES string of the molecule is N#Cc1ccc(NC(=O)CCCOC2CCOCC2)cc1. The largest absolute Gasteiger partial charge is 0.381 e. The summed E-state index contributed by atoms with van der Waals surface area (Å²) in [6.07, 6.45) is 3.30. The van der Waals surface area contributed by atoms with E-state index in [0.29, 0.717) is 30.7 Å². The van der Waals surface area contributed by atoms with Gasteiger partial charge >= 0.3 is 0 Å². The van der Waals surface area contributed by atoms with E-state index < -0.39 is 0 Å². The molecule has 1 aromatic carbocycles. The monoisotopic (exact) mass is 288 g/mol. The molecule has 1 aliphatic heterocycles. The van der Waals surface area contributed by atoms with Crippen LogP contribution >= 0.6 is 0 Å². The predicted octanol–water partition coefficient (Wildman–Crippen LogP) is 2.47. The number of amides is 1. The number of carbonyl (C=O) groups is 1. The Bertz CT molecular complexity index is 487. The number of benzene rings is 1. The van der Waals surface area contributed by atoms with E-state index in [2.05, 4.69) is 5.32 Å². The minimum Gasteiger partial charge on any atom is -0.381 e. The lowest BCUT2D eigenvalue weighted by molar-refractivity contribution is -0.116. The lowest BCUT2D eigenvalue weighted by Gasteiger charge is -2.22. The Hall–Kier alpha value is -1.90. The Labute approximate surface area is 124 Å². The highest BCUT2D eigenvalue weighted by atomic mass is 16.5. The molecule has 1 fully saturated rings. The molecule has 0 atom stereocenters. The van der Waals surface area contributed by atoms with E-state index in [4.69, 9.17) is 14.7 Å². The van der Waals surface area contributed by atoms with Crippen molar-refractivity contribution in [1.82, 2.24) is 0 Å². The first-order valence-corrected chi connectivity index (χ1v) is 7.27. The second-order valence-corrected chi connectivity index (χ2v) is 5.02. The summed E-state index contributed by atoms with van der Waals surface area (Å²) < 4.78 is 11.0. The molecule has 0 spiro atoms. The fraction of sp³-hybridized carbons (Fsp3) is 0.500. The van der Waals surface area contributed by atoms with E-state index in [9.17, 15) is 4.79 Å². The normalized spacial score (nSPS) is 15.4. The van der Waals surface area contributed by atoms with Gasteiger partial charge in [0.1, 0.15) is 0 Å². The van der Waals surface area contributed by atoms with Crippen LogP contribution in [0.15, 0.2) is 24.3 Å². The van der Waals surface area contributed by atoms with E-state index in [0.717, 1.165) is 26.1 Å².